The molecule has 2 N–H and O–H groups in total. The van der Waals surface area contributed by atoms with Crippen LogP contribution in [0.4, 0.5) is 5.69 Å². The standard InChI is InChI=1S/C21H27N3O5S/c1-16(25)22-19-14-18(8-9-21(19)28-2)30(26,27)23-20(17-6-4-3-5-7-17)15-24-10-12-29-13-11-24/h3-9,14,20,23H,10-13,15H2,1-2H3,(H,22,25)/t20-/m1/s1. The predicted octanol–water partition coefficient (Wildman–Crippen LogP) is 2.01. The minimum Gasteiger partial charge on any atom is -0.495 e. The molecule has 0 saturated carbocycles. The maximum absolute atomic E-state index is 13.2. The highest BCUT2D eigenvalue weighted by molar-refractivity contribution is 7.89. The Morgan fingerprint density at radius 3 is 2.50 bits per heavy atom. The Labute approximate surface area is 177 Å². The number of anilines is 1. The lowest BCUT2D eigenvalue weighted by molar-refractivity contribution is -0.114. The van der Waals surface area contributed by atoms with Gasteiger partial charge in [-0.2, -0.15) is 0 Å². The largest absolute Gasteiger partial charge is 0.495 e. The number of carbonyl (C=O) groups is 1. The van der Waals surface area contributed by atoms with Crippen molar-refractivity contribution in [3.63, 3.8) is 0 Å². The third-order valence-corrected chi connectivity index (χ3v) is 6.31. The average molecular weight is 434 g/mol. The number of carbonyl (C=O) groups excluding carboxylic acids is 1. The van der Waals surface area contributed by atoms with Gasteiger partial charge in [-0.3, -0.25) is 9.69 Å². The van der Waals surface area contributed by atoms with Crippen LogP contribution in [0.2, 0.25) is 0 Å². The molecule has 1 aliphatic heterocycles. The molecule has 1 atom stereocenters. The van der Waals surface area contributed by atoms with Crippen molar-refractivity contribution in [2.24, 2.45) is 0 Å². The molecule has 1 saturated heterocycles. The summed E-state index contributed by atoms with van der Waals surface area (Å²) < 4.78 is 39.8. The van der Waals surface area contributed by atoms with Gasteiger partial charge in [-0.05, 0) is 23.8 Å². The van der Waals surface area contributed by atoms with Gasteiger partial charge in [0.1, 0.15) is 5.75 Å². The second-order valence-corrected chi connectivity index (χ2v) is 8.75. The highest BCUT2D eigenvalue weighted by Gasteiger charge is 2.25. The number of amides is 1. The molecule has 0 aliphatic carbocycles. The molecule has 0 bridgehead atoms. The van der Waals surface area contributed by atoms with Crippen LogP contribution in [0.3, 0.4) is 0 Å². The van der Waals surface area contributed by atoms with E-state index in [0.29, 0.717) is 31.2 Å². The first kappa shape index (κ1) is 22.2. The number of nitrogens with one attached hydrogen (secondary N) is 2. The highest BCUT2D eigenvalue weighted by Crippen LogP contribution is 2.28. The number of methoxy groups -OCH3 is 1. The van der Waals surface area contributed by atoms with Crippen molar-refractivity contribution in [2.75, 3.05) is 45.3 Å². The van der Waals surface area contributed by atoms with Crippen LogP contribution >= 0.6 is 0 Å². The number of benzene rings is 2. The summed E-state index contributed by atoms with van der Waals surface area (Å²) in [6.07, 6.45) is 0. The van der Waals surface area contributed by atoms with Crippen LogP contribution in [0.25, 0.3) is 0 Å². The van der Waals surface area contributed by atoms with Gasteiger partial charge < -0.3 is 14.8 Å². The third kappa shape index (κ3) is 5.79. The smallest absolute Gasteiger partial charge is 0.241 e. The molecule has 1 amide bonds. The van der Waals surface area contributed by atoms with Gasteiger partial charge in [-0.15, -0.1) is 0 Å². The fourth-order valence-electron chi connectivity index (χ4n) is 3.33. The van der Waals surface area contributed by atoms with Gasteiger partial charge in [-0.25, -0.2) is 13.1 Å². The molecule has 1 aliphatic rings. The molecule has 162 valence electrons. The van der Waals surface area contributed by atoms with Gasteiger partial charge in [-0.1, -0.05) is 30.3 Å². The summed E-state index contributed by atoms with van der Waals surface area (Å²) in [6.45, 7) is 4.65. The number of morpholine rings is 1. The van der Waals surface area contributed by atoms with Gasteiger partial charge in [0.05, 0.1) is 36.9 Å². The van der Waals surface area contributed by atoms with Crippen LogP contribution < -0.4 is 14.8 Å². The van der Waals surface area contributed by atoms with Crippen LogP contribution in [0.5, 0.6) is 5.75 Å². The van der Waals surface area contributed by atoms with Crippen LogP contribution in [0.1, 0.15) is 18.5 Å². The summed E-state index contributed by atoms with van der Waals surface area (Å²) in [6, 6.07) is 13.4. The lowest BCUT2D eigenvalue weighted by atomic mass is 10.1. The SMILES string of the molecule is COc1ccc(S(=O)(=O)N[C@H](CN2CCOCC2)c2ccccc2)cc1NC(C)=O. The Kier molecular flexibility index (Phi) is 7.43. The van der Waals surface area contributed by atoms with Crippen molar-refractivity contribution in [1.82, 2.24) is 9.62 Å². The van der Waals surface area contributed by atoms with Crippen molar-refractivity contribution in [3.8, 4) is 5.75 Å². The summed E-state index contributed by atoms with van der Waals surface area (Å²) in [4.78, 5) is 13.7. The number of hydrogen-bond acceptors (Lipinski definition) is 6. The molecule has 8 nitrogen and oxygen atoms in total. The molecule has 1 fully saturated rings. The molecule has 9 heteroatoms. The van der Waals surface area contributed by atoms with E-state index in [-0.39, 0.29) is 10.8 Å². The zero-order chi connectivity index (χ0) is 21.6. The molecule has 2 aromatic rings. The Balaban J connectivity index is 1.88. The van der Waals surface area contributed by atoms with Gasteiger partial charge in [0, 0.05) is 26.6 Å². The van der Waals surface area contributed by atoms with E-state index in [1.165, 1.54) is 32.2 Å². The molecule has 0 spiro atoms. The number of ether oxygens (including phenoxy) is 2. The van der Waals surface area contributed by atoms with Crippen molar-refractivity contribution in [2.45, 2.75) is 17.9 Å². The van der Waals surface area contributed by atoms with Crippen molar-refractivity contribution in [1.29, 1.82) is 0 Å². The molecule has 0 radical (unpaired) electrons. The summed E-state index contributed by atoms with van der Waals surface area (Å²) in [5, 5.41) is 2.61. The third-order valence-electron chi connectivity index (χ3n) is 4.84. The normalized spacial score (nSPS) is 16.1. The summed E-state index contributed by atoms with van der Waals surface area (Å²) in [7, 11) is -2.40. The van der Waals surface area contributed by atoms with Crippen LogP contribution in [-0.2, 0) is 19.6 Å². The summed E-state index contributed by atoms with van der Waals surface area (Å²) >= 11 is 0. The minimum absolute atomic E-state index is 0.0509. The first-order chi connectivity index (χ1) is 14.4. The Morgan fingerprint density at radius 1 is 1.17 bits per heavy atom. The van der Waals surface area contributed by atoms with Gasteiger partial charge in [0.2, 0.25) is 15.9 Å². The van der Waals surface area contributed by atoms with Crippen molar-refractivity contribution < 1.29 is 22.7 Å². The van der Waals surface area contributed by atoms with Crippen molar-refractivity contribution >= 4 is 21.6 Å². The van der Waals surface area contributed by atoms with E-state index < -0.39 is 16.1 Å². The van der Waals surface area contributed by atoms with Crippen molar-refractivity contribution in [3.05, 3.63) is 54.1 Å². The summed E-state index contributed by atoms with van der Waals surface area (Å²) in [5.74, 6) is 0.0716. The second kappa shape index (κ2) is 10.0. The first-order valence-electron chi connectivity index (χ1n) is 9.72. The molecule has 2 aromatic carbocycles. The van der Waals surface area contributed by atoms with Gasteiger partial charge >= 0.3 is 0 Å². The number of nitrogens with zero attached hydrogens (tertiary/aromatic N) is 1. The summed E-state index contributed by atoms with van der Waals surface area (Å²) in [5.41, 5.74) is 1.18. The van der Waals surface area contributed by atoms with E-state index in [9.17, 15) is 13.2 Å². The van der Waals surface area contributed by atoms with Gasteiger partial charge in [0.25, 0.3) is 0 Å². The van der Waals surface area contributed by atoms with E-state index in [2.05, 4.69) is 14.9 Å². The Morgan fingerprint density at radius 2 is 1.87 bits per heavy atom. The lowest BCUT2D eigenvalue weighted by Crippen LogP contribution is -2.43. The topological polar surface area (TPSA) is 97.0 Å². The van der Waals surface area contributed by atoms with Gasteiger partial charge in [0.15, 0.2) is 0 Å². The van der Waals surface area contributed by atoms with Crippen LogP contribution in [0, 0.1) is 0 Å². The van der Waals surface area contributed by atoms with E-state index >= 15 is 0 Å². The second-order valence-electron chi connectivity index (χ2n) is 7.04. The molecule has 0 unspecified atom stereocenters. The molecular formula is C21H27N3O5S. The van der Waals surface area contributed by atoms with E-state index in [1.54, 1.807) is 0 Å². The molecule has 1 heterocycles. The lowest BCUT2D eigenvalue weighted by Gasteiger charge is -2.31. The van der Waals surface area contributed by atoms with E-state index in [0.717, 1.165) is 18.7 Å². The quantitative estimate of drug-likeness (QED) is 0.661. The maximum Gasteiger partial charge on any atom is 0.241 e. The zero-order valence-corrected chi connectivity index (χ0v) is 17.9. The fourth-order valence-corrected chi connectivity index (χ4v) is 4.58. The number of hydrogen-bond donors (Lipinski definition) is 2. The first-order valence-corrected chi connectivity index (χ1v) is 11.2. The monoisotopic (exact) mass is 433 g/mol. The van der Waals surface area contributed by atoms with E-state index in [1.807, 2.05) is 30.3 Å². The molecular weight excluding hydrogens is 406 g/mol. The Bertz CT molecular complexity index is 960. The van der Waals surface area contributed by atoms with Crippen LogP contribution in [0.15, 0.2) is 53.4 Å². The molecule has 0 aromatic heterocycles. The molecule has 3 rings (SSSR count). The minimum atomic E-state index is -3.86. The number of rotatable bonds is 8. The predicted molar refractivity (Wildman–Crippen MR) is 114 cm³/mol. The average Bonchev–Trinajstić information content (AvgIpc) is 2.74. The molecule has 30 heavy (non-hydrogen) atoms. The fraction of sp³-hybridized carbons (Fsp3) is 0.381. The zero-order valence-electron chi connectivity index (χ0n) is 17.1. The Hall–Kier alpha value is -2.46. The van der Waals surface area contributed by atoms with Crippen LogP contribution in [-0.4, -0.2) is 59.2 Å². The number of sulfonamides is 1. The van der Waals surface area contributed by atoms with E-state index in [4.69, 9.17) is 9.47 Å². The highest BCUT2D eigenvalue weighted by atomic mass is 32.2. The maximum atomic E-state index is 13.2.